The van der Waals surface area contributed by atoms with E-state index in [4.69, 9.17) is 4.84 Å². The number of piperidine rings is 1. The van der Waals surface area contributed by atoms with Gasteiger partial charge in [0.2, 0.25) is 5.91 Å². The fourth-order valence-electron chi connectivity index (χ4n) is 5.21. The summed E-state index contributed by atoms with van der Waals surface area (Å²) in [4.78, 5) is 70.1. The number of likely N-dealkylation sites (tertiary alicyclic amines) is 1. The standard InChI is InChI=1S/C31H31N3O7/c35-26(12-11-22-7-3-1-4-8-22)32-17-15-31(40,16-18-32)21-33-20-25(30(39)41-34-27(36)13-14-28(34)37)24(19-29(33)38)23-9-5-2-6-10-23/h1-10,19-20,40H,11-18,21H2. The van der Waals surface area contributed by atoms with E-state index in [2.05, 4.69) is 0 Å². The van der Waals surface area contributed by atoms with Gasteiger partial charge in [0.15, 0.2) is 0 Å². The van der Waals surface area contributed by atoms with Gasteiger partial charge in [0.1, 0.15) is 0 Å². The van der Waals surface area contributed by atoms with Gasteiger partial charge in [-0.05, 0) is 30.4 Å². The van der Waals surface area contributed by atoms with Gasteiger partial charge in [-0.1, -0.05) is 60.7 Å². The Labute approximate surface area is 236 Å². The minimum absolute atomic E-state index is 0.0105. The Morgan fingerprint density at radius 2 is 1.49 bits per heavy atom. The molecule has 1 aromatic heterocycles. The third-order valence-electron chi connectivity index (χ3n) is 7.59. The topological polar surface area (TPSA) is 126 Å². The van der Waals surface area contributed by atoms with E-state index in [1.807, 2.05) is 30.3 Å². The van der Waals surface area contributed by atoms with Crippen LogP contribution in [0.25, 0.3) is 11.1 Å². The van der Waals surface area contributed by atoms with E-state index in [1.54, 1.807) is 35.2 Å². The van der Waals surface area contributed by atoms with E-state index < -0.39 is 28.9 Å². The second-order valence-electron chi connectivity index (χ2n) is 10.5. The Morgan fingerprint density at radius 1 is 0.878 bits per heavy atom. The van der Waals surface area contributed by atoms with Crippen LogP contribution in [0.15, 0.2) is 77.7 Å². The molecule has 0 unspecified atom stereocenters. The molecule has 2 aromatic carbocycles. The lowest BCUT2D eigenvalue weighted by Crippen LogP contribution is -2.49. The van der Waals surface area contributed by atoms with E-state index >= 15 is 0 Å². The Balaban J connectivity index is 1.32. The fourth-order valence-corrected chi connectivity index (χ4v) is 5.21. The zero-order valence-electron chi connectivity index (χ0n) is 22.5. The van der Waals surface area contributed by atoms with Crippen molar-refractivity contribution < 1.29 is 29.1 Å². The van der Waals surface area contributed by atoms with Crippen molar-refractivity contribution in [2.45, 2.75) is 50.7 Å². The lowest BCUT2D eigenvalue weighted by molar-refractivity contribution is -0.172. The number of hydrogen-bond donors (Lipinski definition) is 1. The number of benzene rings is 2. The number of carbonyl (C=O) groups excluding carboxylic acids is 4. The number of nitrogens with zero attached hydrogens (tertiary/aromatic N) is 3. The molecule has 41 heavy (non-hydrogen) atoms. The molecule has 0 aliphatic carbocycles. The van der Waals surface area contributed by atoms with Gasteiger partial charge in [-0.3, -0.25) is 19.2 Å². The molecule has 1 N–H and O–H groups in total. The summed E-state index contributed by atoms with van der Waals surface area (Å²) >= 11 is 0. The highest BCUT2D eigenvalue weighted by atomic mass is 16.7. The molecule has 5 rings (SSSR count). The molecule has 0 bridgehead atoms. The van der Waals surface area contributed by atoms with Gasteiger partial charge >= 0.3 is 5.97 Å². The monoisotopic (exact) mass is 557 g/mol. The number of amides is 3. The van der Waals surface area contributed by atoms with Crippen molar-refractivity contribution in [3.05, 3.63) is 94.4 Å². The summed E-state index contributed by atoms with van der Waals surface area (Å²) in [6.45, 7) is 0.582. The predicted octanol–water partition coefficient (Wildman–Crippen LogP) is 2.72. The van der Waals surface area contributed by atoms with Crippen molar-refractivity contribution >= 4 is 23.7 Å². The van der Waals surface area contributed by atoms with Gasteiger partial charge in [0.05, 0.1) is 17.7 Å². The first-order chi connectivity index (χ1) is 19.7. The van der Waals surface area contributed by atoms with E-state index in [9.17, 15) is 29.1 Å². The first-order valence-electron chi connectivity index (χ1n) is 13.6. The molecular weight excluding hydrogens is 526 g/mol. The van der Waals surface area contributed by atoms with E-state index in [0.717, 1.165) is 5.56 Å². The van der Waals surface area contributed by atoms with Gasteiger partial charge < -0.3 is 19.4 Å². The highest BCUT2D eigenvalue weighted by molar-refractivity contribution is 6.04. The van der Waals surface area contributed by atoms with Crippen LogP contribution < -0.4 is 5.56 Å². The van der Waals surface area contributed by atoms with Crippen LogP contribution in [0, 0.1) is 0 Å². The van der Waals surface area contributed by atoms with Gasteiger partial charge in [-0.2, -0.15) is 0 Å². The van der Waals surface area contributed by atoms with Crippen molar-refractivity contribution in [1.29, 1.82) is 0 Å². The van der Waals surface area contributed by atoms with Crippen molar-refractivity contribution in [3.8, 4) is 11.1 Å². The minimum atomic E-state index is -1.28. The Kier molecular flexibility index (Phi) is 8.11. The quantitative estimate of drug-likeness (QED) is 0.422. The Morgan fingerprint density at radius 3 is 2.12 bits per heavy atom. The summed E-state index contributed by atoms with van der Waals surface area (Å²) in [5.41, 5.74) is 0.186. The molecule has 2 aliphatic rings. The third kappa shape index (κ3) is 6.44. The van der Waals surface area contributed by atoms with Gasteiger partial charge in [0.25, 0.3) is 17.4 Å². The molecule has 0 saturated carbocycles. The largest absolute Gasteiger partial charge is 0.388 e. The summed E-state index contributed by atoms with van der Waals surface area (Å²) in [6, 6.07) is 19.8. The molecule has 3 amide bonds. The number of aliphatic hydroxyl groups is 1. The number of hydroxylamine groups is 2. The second kappa shape index (κ2) is 11.9. The second-order valence-corrected chi connectivity index (χ2v) is 10.5. The van der Waals surface area contributed by atoms with Gasteiger partial charge in [-0.15, -0.1) is 5.06 Å². The Hall–Kier alpha value is -4.57. The van der Waals surface area contributed by atoms with Gasteiger partial charge in [0, 0.05) is 50.2 Å². The Bertz CT molecular complexity index is 1490. The van der Waals surface area contributed by atoms with Crippen molar-refractivity contribution in [2.24, 2.45) is 0 Å². The fraction of sp³-hybridized carbons (Fsp3) is 0.323. The molecule has 2 fully saturated rings. The van der Waals surface area contributed by atoms with Crippen LogP contribution in [0.4, 0.5) is 0 Å². The number of aromatic nitrogens is 1. The predicted molar refractivity (Wildman–Crippen MR) is 148 cm³/mol. The van der Waals surface area contributed by atoms with Crippen LogP contribution in [0.1, 0.15) is 48.0 Å². The number of pyridine rings is 1. The molecule has 2 aliphatic heterocycles. The zero-order chi connectivity index (χ0) is 29.0. The molecule has 3 heterocycles. The minimum Gasteiger partial charge on any atom is -0.388 e. The lowest BCUT2D eigenvalue weighted by Gasteiger charge is -2.38. The maximum atomic E-state index is 13.2. The van der Waals surface area contributed by atoms with Crippen LogP contribution in [-0.4, -0.2) is 62.0 Å². The lowest BCUT2D eigenvalue weighted by atomic mass is 9.90. The third-order valence-corrected chi connectivity index (χ3v) is 7.59. The summed E-state index contributed by atoms with van der Waals surface area (Å²) in [5.74, 6) is -2.18. The summed E-state index contributed by atoms with van der Waals surface area (Å²) < 4.78 is 1.24. The van der Waals surface area contributed by atoms with Crippen molar-refractivity contribution in [2.75, 3.05) is 13.1 Å². The highest BCUT2D eigenvalue weighted by Crippen LogP contribution is 2.27. The zero-order valence-corrected chi connectivity index (χ0v) is 22.5. The number of carbonyl (C=O) groups is 4. The van der Waals surface area contributed by atoms with Gasteiger partial charge in [-0.25, -0.2) is 4.79 Å². The van der Waals surface area contributed by atoms with E-state index in [1.165, 1.54) is 16.8 Å². The molecule has 2 saturated heterocycles. The first-order valence-corrected chi connectivity index (χ1v) is 13.6. The smallest absolute Gasteiger partial charge is 0.366 e. The first kappa shape index (κ1) is 28.0. The summed E-state index contributed by atoms with van der Waals surface area (Å²) in [6.07, 6.45) is 2.73. The maximum absolute atomic E-state index is 13.2. The molecule has 0 spiro atoms. The molecule has 3 aromatic rings. The average molecular weight is 558 g/mol. The van der Waals surface area contributed by atoms with Crippen molar-refractivity contribution in [3.63, 3.8) is 0 Å². The van der Waals surface area contributed by atoms with E-state index in [0.29, 0.717) is 36.6 Å². The molecular formula is C31H31N3O7. The number of hydrogen-bond acceptors (Lipinski definition) is 7. The molecule has 10 heteroatoms. The highest BCUT2D eigenvalue weighted by Gasteiger charge is 2.36. The van der Waals surface area contributed by atoms with Crippen LogP contribution in [0.2, 0.25) is 0 Å². The molecule has 0 atom stereocenters. The van der Waals surface area contributed by atoms with Crippen LogP contribution in [0.3, 0.4) is 0 Å². The maximum Gasteiger partial charge on any atom is 0.366 e. The number of aryl methyl sites for hydroxylation is 1. The van der Waals surface area contributed by atoms with E-state index in [-0.39, 0.29) is 49.3 Å². The average Bonchev–Trinajstić information content (AvgIpc) is 3.30. The molecule has 0 radical (unpaired) electrons. The van der Waals surface area contributed by atoms with Crippen LogP contribution >= 0.6 is 0 Å². The number of imide groups is 1. The van der Waals surface area contributed by atoms with Crippen molar-refractivity contribution in [1.82, 2.24) is 14.5 Å². The summed E-state index contributed by atoms with van der Waals surface area (Å²) in [7, 11) is 0. The number of rotatable bonds is 8. The molecule has 212 valence electrons. The van der Waals surface area contributed by atoms with Crippen LogP contribution in [0.5, 0.6) is 0 Å². The summed E-state index contributed by atoms with van der Waals surface area (Å²) in [5, 5.41) is 11.8. The SMILES string of the molecule is O=C(ON1C(=O)CCC1=O)c1cn(CC2(O)CCN(C(=O)CCc3ccccc3)CC2)c(=O)cc1-c1ccccc1. The normalized spacial score (nSPS) is 16.6. The van der Waals surface area contributed by atoms with Crippen LogP contribution in [-0.2, 0) is 32.2 Å². The molecule has 10 nitrogen and oxygen atoms in total.